The third-order valence-electron chi connectivity index (χ3n) is 2.43. The van der Waals surface area contributed by atoms with Crippen LogP contribution >= 0.6 is 0 Å². The normalized spacial score (nSPS) is 13.4. The van der Waals surface area contributed by atoms with E-state index in [0.717, 1.165) is 12.0 Å². The first kappa shape index (κ1) is 14.0. The summed E-state index contributed by atoms with van der Waals surface area (Å²) in [6, 6.07) is 5.18. The van der Waals surface area contributed by atoms with E-state index in [4.69, 9.17) is 9.29 Å². The molecule has 1 unspecified atom stereocenters. The van der Waals surface area contributed by atoms with Crippen LogP contribution in [-0.2, 0) is 16.5 Å². The molecule has 0 aromatic heterocycles. The summed E-state index contributed by atoms with van der Waals surface area (Å²) in [5.41, 5.74) is 1.32. The predicted molar refractivity (Wildman–Crippen MR) is 63.7 cm³/mol. The zero-order valence-electron chi connectivity index (χ0n) is 9.75. The van der Waals surface area contributed by atoms with E-state index in [1.54, 1.807) is 12.1 Å². The Morgan fingerprint density at radius 1 is 1.41 bits per heavy atom. The van der Waals surface area contributed by atoms with Gasteiger partial charge in [-0.05, 0) is 24.1 Å². The van der Waals surface area contributed by atoms with Crippen molar-refractivity contribution in [3.05, 3.63) is 29.3 Å². The predicted octanol–water partition coefficient (Wildman–Crippen LogP) is 1.18. The summed E-state index contributed by atoms with van der Waals surface area (Å²) in [5, 5.41) is 9.77. The monoisotopic (exact) mass is 260 g/mol. The fourth-order valence-corrected chi connectivity index (χ4v) is 2.13. The van der Waals surface area contributed by atoms with E-state index in [0.29, 0.717) is 11.3 Å². The molecule has 1 aromatic carbocycles. The van der Waals surface area contributed by atoms with Gasteiger partial charge in [-0.3, -0.25) is 4.55 Å². The quantitative estimate of drug-likeness (QED) is 0.777. The number of aliphatic hydroxyl groups excluding tert-OH is 1. The van der Waals surface area contributed by atoms with Gasteiger partial charge in [-0.2, -0.15) is 8.42 Å². The van der Waals surface area contributed by atoms with Crippen LogP contribution in [0.5, 0.6) is 5.75 Å². The Morgan fingerprint density at radius 3 is 2.53 bits per heavy atom. The fraction of sp³-hybridized carbons (Fsp3) is 0.455. The van der Waals surface area contributed by atoms with Crippen LogP contribution in [0.3, 0.4) is 0 Å². The van der Waals surface area contributed by atoms with Gasteiger partial charge in [0.25, 0.3) is 10.1 Å². The van der Waals surface area contributed by atoms with Gasteiger partial charge in [-0.1, -0.05) is 13.0 Å². The fourth-order valence-electron chi connectivity index (χ4n) is 1.55. The Morgan fingerprint density at radius 2 is 2.06 bits per heavy atom. The number of benzene rings is 1. The Bertz CT molecular complexity index is 481. The zero-order valence-corrected chi connectivity index (χ0v) is 10.6. The van der Waals surface area contributed by atoms with Crippen molar-refractivity contribution in [1.29, 1.82) is 0 Å². The molecule has 0 amide bonds. The summed E-state index contributed by atoms with van der Waals surface area (Å²) in [4.78, 5) is 0. The van der Waals surface area contributed by atoms with Gasteiger partial charge >= 0.3 is 0 Å². The molecule has 6 heteroatoms. The average Bonchev–Trinajstić information content (AvgIpc) is 2.25. The van der Waals surface area contributed by atoms with E-state index in [-0.39, 0.29) is 0 Å². The summed E-state index contributed by atoms with van der Waals surface area (Å²) in [6.07, 6.45) is -0.540. The van der Waals surface area contributed by atoms with Crippen LogP contribution in [0.2, 0.25) is 0 Å². The molecule has 0 aliphatic heterocycles. The molecule has 0 fully saturated rings. The lowest BCUT2D eigenvalue weighted by Crippen LogP contribution is -2.14. The van der Waals surface area contributed by atoms with Crippen LogP contribution in [0, 0.1) is 0 Å². The average molecular weight is 260 g/mol. The first-order valence-corrected chi connectivity index (χ1v) is 6.78. The topological polar surface area (TPSA) is 83.8 Å². The second-order valence-corrected chi connectivity index (χ2v) is 5.19. The SMILES string of the molecule is CCc1ccc(OC)c(C(O)CS(=O)(=O)O)c1. The van der Waals surface area contributed by atoms with Crippen LogP contribution in [-0.4, -0.2) is 30.9 Å². The molecular formula is C11H16O5S. The summed E-state index contributed by atoms with van der Waals surface area (Å²) in [7, 11) is -2.79. The van der Waals surface area contributed by atoms with Gasteiger partial charge in [-0.25, -0.2) is 0 Å². The standard InChI is InChI=1S/C11H16O5S/c1-3-8-4-5-11(16-2)9(6-8)10(12)7-17(13,14)15/h4-6,10,12H,3,7H2,1-2H3,(H,13,14,15). The molecule has 0 saturated heterocycles. The number of hydrogen-bond donors (Lipinski definition) is 2. The number of aliphatic hydroxyl groups is 1. The van der Waals surface area contributed by atoms with Crippen LogP contribution in [0.15, 0.2) is 18.2 Å². The molecule has 0 aliphatic rings. The van der Waals surface area contributed by atoms with E-state index in [2.05, 4.69) is 0 Å². The molecule has 2 N–H and O–H groups in total. The van der Waals surface area contributed by atoms with E-state index < -0.39 is 22.0 Å². The summed E-state index contributed by atoms with van der Waals surface area (Å²) in [6.45, 7) is 1.95. The maximum absolute atomic E-state index is 10.7. The van der Waals surface area contributed by atoms with Gasteiger partial charge < -0.3 is 9.84 Å². The maximum atomic E-state index is 10.7. The lowest BCUT2D eigenvalue weighted by Gasteiger charge is -2.14. The Balaban J connectivity index is 3.09. The molecule has 0 saturated carbocycles. The number of methoxy groups -OCH3 is 1. The van der Waals surface area contributed by atoms with E-state index in [1.165, 1.54) is 7.11 Å². The van der Waals surface area contributed by atoms with E-state index >= 15 is 0 Å². The number of ether oxygens (including phenoxy) is 1. The second kappa shape index (κ2) is 5.48. The number of hydrogen-bond acceptors (Lipinski definition) is 4. The highest BCUT2D eigenvalue weighted by Gasteiger charge is 2.19. The van der Waals surface area contributed by atoms with Gasteiger partial charge in [-0.15, -0.1) is 0 Å². The minimum atomic E-state index is -4.22. The van der Waals surface area contributed by atoms with Gasteiger partial charge in [0.05, 0.1) is 13.2 Å². The molecule has 1 aromatic rings. The number of aryl methyl sites for hydroxylation is 1. The molecule has 0 radical (unpaired) electrons. The van der Waals surface area contributed by atoms with Crippen LogP contribution < -0.4 is 4.74 Å². The zero-order chi connectivity index (χ0) is 13.1. The molecular weight excluding hydrogens is 244 g/mol. The van der Waals surface area contributed by atoms with Gasteiger partial charge in [0.1, 0.15) is 11.5 Å². The van der Waals surface area contributed by atoms with Gasteiger partial charge in [0.2, 0.25) is 0 Å². The van der Waals surface area contributed by atoms with Gasteiger partial charge in [0.15, 0.2) is 0 Å². The largest absolute Gasteiger partial charge is 0.496 e. The molecule has 1 atom stereocenters. The molecule has 96 valence electrons. The van der Waals surface area contributed by atoms with Crippen molar-refractivity contribution in [3.63, 3.8) is 0 Å². The molecule has 0 aliphatic carbocycles. The van der Waals surface area contributed by atoms with Gasteiger partial charge in [0, 0.05) is 5.56 Å². The molecule has 17 heavy (non-hydrogen) atoms. The van der Waals surface area contributed by atoms with Crippen molar-refractivity contribution in [3.8, 4) is 5.75 Å². The summed E-state index contributed by atoms with van der Waals surface area (Å²) in [5.74, 6) is -0.338. The highest BCUT2D eigenvalue weighted by atomic mass is 32.2. The van der Waals surface area contributed by atoms with Crippen molar-refractivity contribution in [1.82, 2.24) is 0 Å². The molecule has 0 spiro atoms. The highest BCUT2D eigenvalue weighted by molar-refractivity contribution is 7.85. The smallest absolute Gasteiger partial charge is 0.267 e. The van der Waals surface area contributed by atoms with Crippen molar-refractivity contribution in [2.24, 2.45) is 0 Å². The molecule has 5 nitrogen and oxygen atoms in total. The Labute approximate surface area is 101 Å². The third-order valence-corrected chi connectivity index (χ3v) is 3.17. The van der Waals surface area contributed by atoms with Crippen molar-refractivity contribution in [2.45, 2.75) is 19.4 Å². The van der Waals surface area contributed by atoms with Crippen molar-refractivity contribution in [2.75, 3.05) is 12.9 Å². The van der Waals surface area contributed by atoms with Crippen LogP contribution in [0.4, 0.5) is 0 Å². The first-order chi connectivity index (χ1) is 7.87. The lowest BCUT2D eigenvalue weighted by atomic mass is 10.0. The molecule has 0 bridgehead atoms. The first-order valence-electron chi connectivity index (χ1n) is 5.17. The van der Waals surface area contributed by atoms with E-state index in [1.807, 2.05) is 13.0 Å². The summed E-state index contributed by atoms with van der Waals surface area (Å²) < 4.78 is 35.2. The van der Waals surface area contributed by atoms with Crippen LogP contribution in [0.25, 0.3) is 0 Å². The minimum Gasteiger partial charge on any atom is -0.496 e. The second-order valence-electron chi connectivity index (χ2n) is 3.69. The van der Waals surface area contributed by atoms with E-state index in [9.17, 15) is 13.5 Å². The Hall–Kier alpha value is -1.11. The van der Waals surface area contributed by atoms with Crippen molar-refractivity contribution < 1.29 is 22.8 Å². The minimum absolute atomic E-state index is 0.365. The Kier molecular flexibility index (Phi) is 4.50. The maximum Gasteiger partial charge on any atom is 0.267 e. The molecule has 1 rings (SSSR count). The summed E-state index contributed by atoms with van der Waals surface area (Å²) >= 11 is 0. The highest BCUT2D eigenvalue weighted by Crippen LogP contribution is 2.27. The lowest BCUT2D eigenvalue weighted by molar-refractivity contribution is 0.194. The van der Waals surface area contributed by atoms with Crippen LogP contribution in [0.1, 0.15) is 24.2 Å². The number of rotatable bonds is 5. The van der Waals surface area contributed by atoms with Crippen molar-refractivity contribution >= 4 is 10.1 Å². The third kappa shape index (κ3) is 3.99. The molecule has 0 heterocycles.